The predicted molar refractivity (Wildman–Crippen MR) is 52.2 cm³/mol. The Balaban J connectivity index is 1.96. The lowest BCUT2D eigenvalue weighted by Gasteiger charge is -2.07. The molecule has 0 atom stereocenters. The van der Waals surface area contributed by atoms with Crippen molar-refractivity contribution in [1.82, 2.24) is 0 Å². The Morgan fingerprint density at radius 2 is 1.21 bits per heavy atom. The number of furan rings is 2. The molecule has 72 valence electrons. The van der Waals surface area contributed by atoms with Gasteiger partial charge in [-0.3, -0.25) is 0 Å². The second-order valence-corrected chi connectivity index (χ2v) is 3.74. The van der Waals surface area contributed by atoms with Crippen LogP contribution in [0, 0.1) is 0 Å². The van der Waals surface area contributed by atoms with E-state index in [1.165, 1.54) is 11.1 Å². The molecule has 0 aliphatic heterocycles. The van der Waals surface area contributed by atoms with E-state index in [1.807, 2.05) is 0 Å². The van der Waals surface area contributed by atoms with E-state index in [9.17, 15) is 0 Å². The lowest BCUT2D eigenvalue weighted by atomic mass is 9.98. The van der Waals surface area contributed by atoms with Crippen LogP contribution >= 0.6 is 0 Å². The zero-order valence-electron chi connectivity index (χ0n) is 7.95. The molecule has 2 aromatic heterocycles. The molecule has 0 saturated heterocycles. The summed E-state index contributed by atoms with van der Waals surface area (Å²) >= 11 is 0. The minimum atomic E-state index is 0.961. The monoisotopic (exact) mass is 188 g/mol. The van der Waals surface area contributed by atoms with Crippen molar-refractivity contribution in [3.05, 3.63) is 47.3 Å². The van der Waals surface area contributed by atoms with Gasteiger partial charge in [-0.15, -0.1) is 0 Å². The van der Waals surface area contributed by atoms with E-state index in [0.717, 1.165) is 37.2 Å². The van der Waals surface area contributed by atoms with Crippen molar-refractivity contribution in [3.63, 3.8) is 0 Å². The van der Waals surface area contributed by atoms with Gasteiger partial charge in [0.1, 0.15) is 11.5 Å². The highest BCUT2D eigenvalue weighted by Crippen LogP contribution is 2.22. The maximum Gasteiger partial charge on any atom is 0.107 e. The minimum absolute atomic E-state index is 0.961. The Labute approximate surface area is 82.5 Å². The van der Waals surface area contributed by atoms with Crippen LogP contribution in [-0.2, 0) is 25.7 Å². The van der Waals surface area contributed by atoms with Gasteiger partial charge in [0.05, 0.1) is 12.5 Å². The van der Waals surface area contributed by atoms with Crippen LogP contribution in [0.2, 0.25) is 0 Å². The van der Waals surface area contributed by atoms with E-state index in [0.29, 0.717) is 0 Å². The summed E-state index contributed by atoms with van der Waals surface area (Å²) in [6.45, 7) is 0. The summed E-state index contributed by atoms with van der Waals surface area (Å²) < 4.78 is 10.9. The molecule has 0 amide bonds. The fraction of sp³-hybridized carbons (Fsp3) is 0.333. The van der Waals surface area contributed by atoms with Crippen molar-refractivity contribution in [2.45, 2.75) is 25.7 Å². The Hall–Kier alpha value is -1.44. The summed E-state index contributed by atoms with van der Waals surface area (Å²) in [6, 6.07) is 4.17. The van der Waals surface area contributed by atoms with Crippen molar-refractivity contribution in [2.24, 2.45) is 0 Å². The molecule has 2 aromatic rings. The average Bonchev–Trinajstić information content (AvgIpc) is 2.75. The molecule has 1 aliphatic carbocycles. The number of aryl methyl sites for hydroxylation is 4. The maximum atomic E-state index is 5.44. The molecule has 0 spiro atoms. The molecule has 0 N–H and O–H groups in total. The number of rotatable bonds is 0. The highest BCUT2D eigenvalue weighted by atomic mass is 16.3. The van der Waals surface area contributed by atoms with Crippen LogP contribution in [-0.4, -0.2) is 0 Å². The largest absolute Gasteiger partial charge is 0.469 e. The summed E-state index contributed by atoms with van der Waals surface area (Å²) in [5.41, 5.74) is 2.72. The van der Waals surface area contributed by atoms with Crippen molar-refractivity contribution in [2.75, 3.05) is 0 Å². The summed E-state index contributed by atoms with van der Waals surface area (Å²) in [5, 5.41) is 0. The topological polar surface area (TPSA) is 26.3 Å². The van der Waals surface area contributed by atoms with E-state index < -0.39 is 0 Å². The lowest BCUT2D eigenvalue weighted by molar-refractivity contribution is 0.465. The normalized spacial score (nSPS) is 15.4. The summed E-state index contributed by atoms with van der Waals surface area (Å²) in [6.07, 6.45) is 7.64. The smallest absolute Gasteiger partial charge is 0.107 e. The third kappa shape index (κ3) is 1.18. The van der Waals surface area contributed by atoms with E-state index in [2.05, 4.69) is 12.1 Å². The van der Waals surface area contributed by atoms with Crippen LogP contribution in [0.3, 0.4) is 0 Å². The SMILES string of the molecule is c1cc2c(o1)CCc1occc1CC2. The van der Waals surface area contributed by atoms with Gasteiger partial charge >= 0.3 is 0 Å². The molecular formula is C12H12O2. The number of hydrogen-bond acceptors (Lipinski definition) is 2. The fourth-order valence-corrected chi connectivity index (χ4v) is 2.11. The third-order valence-corrected chi connectivity index (χ3v) is 2.92. The van der Waals surface area contributed by atoms with Crippen molar-refractivity contribution in [1.29, 1.82) is 0 Å². The summed E-state index contributed by atoms with van der Waals surface area (Å²) in [4.78, 5) is 0. The molecule has 1 aliphatic rings. The number of fused-ring (bicyclic) bond motifs is 2. The lowest BCUT2D eigenvalue weighted by Crippen LogP contribution is -2.02. The molecule has 0 bridgehead atoms. The maximum absolute atomic E-state index is 5.44. The molecular weight excluding hydrogens is 176 g/mol. The first-order valence-electron chi connectivity index (χ1n) is 5.04. The zero-order chi connectivity index (χ0) is 9.38. The summed E-state index contributed by atoms with van der Waals surface area (Å²) in [7, 11) is 0. The van der Waals surface area contributed by atoms with Crippen LogP contribution < -0.4 is 0 Å². The van der Waals surface area contributed by atoms with Gasteiger partial charge in [-0.05, 0) is 36.1 Å². The Morgan fingerprint density at radius 1 is 0.714 bits per heavy atom. The zero-order valence-corrected chi connectivity index (χ0v) is 7.95. The van der Waals surface area contributed by atoms with Crippen LogP contribution in [0.5, 0.6) is 0 Å². The molecule has 0 radical (unpaired) electrons. The standard InChI is InChI=1S/C12H12O2/c1-2-10-6-8-14-12(10)4-3-11-9(1)5-7-13-11/h5-8H,1-4H2. The van der Waals surface area contributed by atoms with Gasteiger partial charge in [-0.2, -0.15) is 0 Å². The number of hydrogen-bond donors (Lipinski definition) is 0. The predicted octanol–water partition coefficient (Wildman–Crippen LogP) is 2.76. The van der Waals surface area contributed by atoms with Gasteiger partial charge in [0.2, 0.25) is 0 Å². The minimum Gasteiger partial charge on any atom is -0.469 e. The Morgan fingerprint density at radius 3 is 1.71 bits per heavy atom. The fourth-order valence-electron chi connectivity index (χ4n) is 2.11. The van der Waals surface area contributed by atoms with Crippen LogP contribution in [0.15, 0.2) is 33.5 Å². The summed E-state index contributed by atoms with van der Waals surface area (Å²) in [5.74, 6) is 2.26. The molecule has 0 saturated carbocycles. The molecule has 0 fully saturated rings. The van der Waals surface area contributed by atoms with Gasteiger partial charge in [0.15, 0.2) is 0 Å². The van der Waals surface area contributed by atoms with Gasteiger partial charge in [-0.25, -0.2) is 0 Å². The molecule has 2 heterocycles. The molecule has 2 nitrogen and oxygen atoms in total. The van der Waals surface area contributed by atoms with E-state index in [4.69, 9.17) is 8.83 Å². The Kier molecular flexibility index (Phi) is 1.72. The van der Waals surface area contributed by atoms with Crippen LogP contribution in [0.1, 0.15) is 22.6 Å². The Bertz CT molecular complexity index is 357. The third-order valence-electron chi connectivity index (χ3n) is 2.92. The van der Waals surface area contributed by atoms with E-state index in [1.54, 1.807) is 12.5 Å². The quantitative estimate of drug-likeness (QED) is 0.635. The molecule has 14 heavy (non-hydrogen) atoms. The van der Waals surface area contributed by atoms with E-state index >= 15 is 0 Å². The van der Waals surface area contributed by atoms with Gasteiger partial charge in [-0.1, -0.05) is 0 Å². The highest BCUT2D eigenvalue weighted by molar-refractivity contribution is 5.26. The molecule has 0 aromatic carbocycles. The first-order chi connectivity index (χ1) is 6.93. The highest BCUT2D eigenvalue weighted by Gasteiger charge is 2.14. The second-order valence-electron chi connectivity index (χ2n) is 3.74. The van der Waals surface area contributed by atoms with Gasteiger partial charge < -0.3 is 8.83 Å². The van der Waals surface area contributed by atoms with Gasteiger partial charge in [0.25, 0.3) is 0 Å². The van der Waals surface area contributed by atoms with Gasteiger partial charge in [0, 0.05) is 12.8 Å². The van der Waals surface area contributed by atoms with Crippen LogP contribution in [0.4, 0.5) is 0 Å². The molecule has 3 rings (SSSR count). The van der Waals surface area contributed by atoms with E-state index in [-0.39, 0.29) is 0 Å². The van der Waals surface area contributed by atoms with Crippen molar-refractivity contribution in [3.8, 4) is 0 Å². The first kappa shape index (κ1) is 7.92. The molecule has 2 heteroatoms. The second kappa shape index (κ2) is 3.05. The van der Waals surface area contributed by atoms with Crippen molar-refractivity contribution < 1.29 is 8.83 Å². The average molecular weight is 188 g/mol. The van der Waals surface area contributed by atoms with Crippen LogP contribution in [0.25, 0.3) is 0 Å². The first-order valence-corrected chi connectivity index (χ1v) is 5.04. The molecule has 0 unspecified atom stereocenters. The van der Waals surface area contributed by atoms with Crippen molar-refractivity contribution >= 4 is 0 Å².